The molecule has 0 unspecified atom stereocenters. The highest BCUT2D eigenvalue weighted by Gasteiger charge is 2.23. The number of hydrogen-bond donors (Lipinski definition) is 0. The molecule has 0 amide bonds. The first-order chi connectivity index (χ1) is 26.1. The van der Waals surface area contributed by atoms with Gasteiger partial charge in [-0.25, -0.2) is 0 Å². The zero-order chi connectivity index (χ0) is 34.9. The lowest BCUT2D eigenvalue weighted by Gasteiger charge is -2.26. The molecule has 0 radical (unpaired) electrons. The van der Waals surface area contributed by atoms with Crippen LogP contribution in [0.25, 0.3) is 97.0 Å². The Morgan fingerprint density at radius 3 is 1.04 bits per heavy atom. The van der Waals surface area contributed by atoms with Crippen LogP contribution in [0.2, 0.25) is 0 Å². The first-order valence-corrected chi connectivity index (χ1v) is 18.6. The topological polar surface area (TPSA) is 3.24 Å². The minimum atomic E-state index is 0. The first-order valence-electron chi connectivity index (χ1n) is 18.6. The van der Waals surface area contributed by atoms with Crippen molar-refractivity contribution >= 4 is 114 Å². The van der Waals surface area contributed by atoms with Crippen molar-refractivity contribution in [2.75, 3.05) is 4.90 Å². The van der Waals surface area contributed by atoms with Gasteiger partial charge in [-0.2, -0.15) is 0 Å². The molecular formula is C53H37N. The molecule has 0 N–H and O–H groups in total. The summed E-state index contributed by atoms with van der Waals surface area (Å²) in [6.07, 6.45) is 0. The number of benzene rings is 10. The maximum atomic E-state index is 2.51. The largest absolute Gasteiger partial charge is 0.310 e. The quantitative estimate of drug-likeness (QED) is 0.167. The van der Waals surface area contributed by atoms with E-state index in [1.807, 2.05) is 0 Å². The van der Waals surface area contributed by atoms with Gasteiger partial charge in [0.05, 0.1) is 0 Å². The smallest absolute Gasteiger partial charge is 0.0474 e. The van der Waals surface area contributed by atoms with Gasteiger partial charge in [0.25, 0.3) is 0 Å². The highest BCUT2D eigenvalue weighted by atomic mass is 15.1. The van der Waals surface area contributed by atoms with E-state index in [-0.39, 0.29) is 7.43 Å². The molecule has 54 heavy (non-hydrogen) atoms. The first kappa shape index (κ1) is 30.9. The van der Waals surface area contributed by atoms with Crippen molar-refractivity contribution in [3.8, 4) is 0 Å². The molecule has 12 aromatic rings. The summed E-state index contributed by atoms with van der Waals surface area (Å²) in [5.74, 6) is 0. The fourth-order valence-corrected chi connectivity index (χ4v) is 9.43. The van der Waals surface area contributed by atoms with Crippen molar-refractivity contribution < 1.29 is 0 Å². The van der Waals surface area contributed by atoms with Gasteiger partial charge < -0.3 is 4.90 Å². The summed E-state index contributed by atoms with van der Waals surface area (Å²) < 4.78 is 0. The molecule has 12 aromatic carbocycles. The maximum Gasteiger partial charge on any atom is 0.0474 e. The summed E-state index contributed by atoms with van der Waals surface area (Å²) >= 11 is 0. The standard InChI is InChI=1S/C52H33N.CH4/c1-30-14-18-36(19-15-30)53(37-20-16-31(2)17-21-37)38-26-47-43-24-34-10-5-6-11-35(34)25-44(43)50-28-45-40-13-7-12-39-41-22-32-8-3-4-9-33(32)23-42(41)49(51(39)40)29-46(45)48(27-38)52(47)50;/h3-29H,1-2H3;1H4. The molecule has 0 saturated heterocycles. The summed E-state index contributed by atoms with van der Waals surface area (Å²) in [6, 6.07) is 62.0. The van der Waals surface area contributed by atoms with Crippen molar-refractivity contribution in [2.45, 2.75) is 21.3 Å². The second-order valence-corrected chi connectivity index (χ2v) is 15.1. The van der Waals surface area contributed by atoms with E-state index in [9.17, 15) is 0 Å². The number of anilines is 3. The molecule has 1 heteroatoms. The van der Waals surface area contributed by atoms with Gasteiger partial charge in [0, 0.05) is 17.1 Å². The zero-order valence-corrected chi connectivity index (χ0v) is 29.5. The van der Waals surface area contributed by atoms with Crippen LogP contribution in [0.5, 0.6) is 0 Å². The Morgan fingerprint density at radius 2 is 0.611 bits per heavy atom. The average Bonchev–Trinajstić information content (AvgIpc) is 3.67. The fourth-order valence-electron chi connectivity index (χ4n) is 9.43. The number of rotatable bonds is 3. The third-order valence-corrected chi connectivity index (χ3v) is 11.9. The van der Waals surface area contributed by atoms with E-state index in [1.165, 1.54) is 108 Å². The third kappa shape index (κ3) is 4.21. The van der Waals surface area contributed by atoms with Gasteiger partial charge in [0.15, 0.2) is 0 Å². The Hall–Kier alpha value is -6.70. The lowest BCUT2D eigenvalue weighted by Crippen LogP contribution is -2.10. The summed E-state index contributed by atoms with van der Waals surface area (Å²) in [5.41, 5.74) is 5.97. The van der Waals surface area contributed by atoms with Crippen LogP contribution in [-0.2, 0) is 0 Å². The third-order valence-electron chi connectivity index (χ3n) is 11.9. The van der Waals surface area contributed by atoms with Crippen LogP contribution in [0.4, 0.5) is 17.1 Å². The lowest BCUT2D eigenvalue weighted by molar-refractivity contribution is 1.28. The molecule has 0 saturated carbocycles. The molecule has 0 aliphatic carbocycles. The van der Waals surface area contributed by atoms with Crippen LogP contribution in [0.3, 0.4) is 0 Å². The molecular weight excluding hydrogens is 651 g/mol. The molecule has 0 fully saturated rings. The van der Waals surface area contributed by atoms with Gasteiger partial charge in [-0.15, -0.1) is 0 Å². The highest BCUT2D eigenvalue weighted by molar-refractivity contribution is 6.42. The SMILES string of the molecule is C.Cc1ccc(N(c2ccc(C)cc2)c2cc3c4cc5ccccc5cc4c4cc5c(cc6c7cc8ccccc8cc7c7cccc5c76)c(c2)c34)cc1. The predicted octanol–water partition coefficient (Wildman–Crippen LogP) is 15.7. The van der Waals surface area contributed by atoms with Crippen molar-refractivity contribution in [1.29, 1.82) is 0 Å². The lowest BCUT2D eigenvalue weighted by atomic mass is 9.92. The molecule has 0 heterocycles. The summed E-state index contributed by atoms with van der Waals surface area (Å²) in [5, 5.41) is 23.6. The van der Waals surface area contributed by atoms with Crippen LogP contribution in [0.1, 0.15) is 18.6 Å². The minimum absolute atomic E-state index is 0. The Morgan fingerprint density at radius 1 is 0.278 bits per heavy atom. The van der Waals surface area contributed by atoms with Gasteiger partial charge in [0.1, 0.15) is 0 Å². The fraction of sp³-hybridized carbons (Fsp3) is 0.0566. The van der Waals surface area contributed by atoms with Crippen molar-refractivity contribution in [1.82, 2.24) is 0 Å². The Kier molecular flexibility index (Phi) is 6.38. The zero-order valence-electron chi connectivity index (χ0n) is 29.5. The van der Waals surface area contributed by atoms with Crippen molar-refractivity contribution in [2.24, 2.45) is 0 Å². The van der Waals surface area contributed by atoms with E-state index >= 15 is 0 Å². The molecule has 1 nitrogen and oxygen atoms in total. The summed E-state index contributed by atoms with van der Waals surface area (Å²) in [6.45, 7) is 4.32. The van der Waals surface area contributed by atoms with Crippen LogP contribution in [0.15, 0.2) is 164 Å². The van der Waals surface area contributed by atoms with E-state index in [4.69, 9.17) is 0 Å². The van der Waals surface area contributed by atoms with Crippen LogP contribution in [0, 0.1) is 13.8 Å². The van der Waals surface area contributed by atoms with Crippen molar-refractivity contribution in [3.05, 3.63) is 175 Å². The van der Waals surface area contributed by atoms with E-state index in [2.05, 4.69) is 183 Å². The van der Waals surface area contributed by atoms with E-state index in [0.29, 0.717) is 0 Å². The van der Waals surface area contributed by atoms with Crippen LogP contribution < -0.4 is 4.90 Å². The van der Waals surface area contributed by atoms with Gasteiger partial charge in [-0.1, -0.05) is 110 Å². The minimum Gasteiger partial charge on any atom is -0.310 e. The molecule has 0 bridgehead atoms. The molecule has 0 aromatic heterocycles. The molecule has 0 spiro atoms. The Balaban J connectivity index is 0.00000341. The average molecular weight is 688 g/mol. The number of fused-ring (bicyclic) bond motifs is 11. The second kappa shape index (κ2) is 11.2. The highest BCUT2D eigenvalue weighted by Crippen LogP contribution is 2.50. The molecule has 0 aliphatic heterocycles. The summed E-state index contributed by atoms with van der Waals surface area (Å²) in [7, 11) is 0. The van der Waals surface area contributed by atoms with Gasteiger partial charge in [-0.05, 0) is 184 Å². The monoisotopic (exact) mass is 687 g/mol. The maximum absolute atomic E-state index is 2.51. The predicted molar refractivity (Wildman–Crippen MR) is 237 cm³/mol. The molecule has 0 aliphatic rings. The van der Waals surface area contributed by atoms with Gasteiger partial charge >= 0.3 is 0 Å². The number of hydrogen-bond acceptors (Lipinski definition) is 1. The molecule has 12 rings (SSSR count). The van der Waals surface area contributed by atoms with Crippen LogP contribution in [-0.4, -0.2) is 0 Å². The molecule has 254 valence electrons. The van der Waals surface area contributed by atoms with Crippen molar-refractivity contribution in [3.63, 3.8) is 0 Å². The van der Waals surface area contributed by atoms with Gasteiger partial charge in [0.2, 0.25) is 0 Å². The summed E-state index contributed by atoms with van der Waals surface area (Å²) in [4.78, 5) is 2.44. The van der Waals surface area contributed by atoms with E-state index < -0.39 is 0 Å². The van der Waals surface area contributed by atoms with E-state index in [1.54, 1.807) is 0 Å². The molecule has 0 atom stereocenters. The van der Waals surface area contributed by atoms with Gasteiger partial charge in [-0.3, -0.25) is 0 Å². The number of nitrogens with zero attached hydrogens (tertiary/aromatic N) is 1. The Bertz CT molecular complexity index is 3400. The Labute approximate surface area is 313 Å². The second-order valence-electron chi connectivity index (χ2n) is 15.1. The van der Waals surface area contributed by atoms with Crippen LogP contribution >= 0.6 is 0 Å². The normalized spacial score (nSPS) is 12.1. The number of aryl methyl sites for hydroxylation is 2. The van der Waals surface area contributed by atoms with E-state index in [0.717, 1.165) is 17.1 Å².